The minimum absolute atomic E-state index is 0.0823. The maximum atomic E-state index is 13.0. The maximum Gasteiger partial charge on any atom is 0.306 e. The van der Waals surface area contributed by atoms with Gasteiger partial charge in [0.05, 0.1) is 0 Å². The number of rotatable bonds is 35. The second-order valence-corrected chi connectivity index (χ2v) is 18.0. The third-order valence-electron chi connectivity index (χ3n) is 12.5. The molecule has 0 radical (unpaired) electrons. The number of hydrogen-bond acceptors (Lipinski definition) is 13. The molecule has 2 rings (SSSR count). The number of ether oxygens (including phenoxy) is 4. The fourth-order valence-corrected chi connectivity index (χ4v) is 8.44. The number of aliphatic hydroxyl groups excluding tert-OH is 7. The van der Waals surface area contributed by atoms with E-state index in [0.29, 0.717) is 12.8 Å². The summed E-state index contributed by atoms with van der Waals surface area (Å²) in [6.07, 6.45) is 12.5. The lowest BCUT2D eigenvalue weighted by Crippen LogP contribution is -2.67. The Bertz CT molecular complexity index is 1060. The van der Waals surface area contributed by atoms with Crippen LogP contribution >= 0.6 is 0 Å². The summed E-state index contributed by atoms with van der Waals surface area (Å²) in [5, 5.41) is 73.5. The highest BCUT2D eigenvalue weighted by atomic mass is 16.7. The van der Waals surface area contributed by atoms with Gasteiger partial charge in [-0.2, -0.15) is 0 Å². The molecule has 354 valence electrons. The molecule has 13 nitrogen and oxygen atoms in total. The van der Waals surface area contributed by atoms with Gasteiger partial charge in [0.15, 0.2) is 12.4 Å². The number of carbonyl (C=O) groups is 2. The SMILES string of the molecule is CCCCCCCCCCCCCCCCC(=O)OCC1OC(OC2C(O)C(O)C(O)C(O)C2O)C(O)C(O)C1OC(=O)CCCCCCCCCC(C)CCCCCC. The highest BCUT2D eigenvalue weighted by molar-refractivity contribution is 5.70. The van der Waals surface area contributed by atoms with Gasteiger partial charge in [0, 0.05) is 12.8 Å². The summed E-state index contributed by atoms with van der Waals surface area (Å²) in [6.45, 7) is 6.38. The fourth-order valence-electron chi connectivity index (χ4n) is 8.44. The molecule has 60 heavy (non-hydrogen) atoms. The Morgan fingerprint density at radius 1 is 0.467 bits per heavy atom. The van der Waals surface area contributed by atoms with Crippen LogP contribution in [0, 0.1) is 5.92 Å². The molecule has 1 saturated carbocycles. The van der Waals surface area contributed by atoms with Crippen molar-refractivity contribution in [2.75, 3.05) is 6.61 Å². The first-order valence-corrected chi connectivity index (χ1v) is 24.3. The van der Waals surface area contributed by atoms with Gasteiger partial charge in [-0.05, 0) is 18.8 Å². The van der Waals surface area contributed by atoms with E-state index < -0.39 is 85.9 Å². The lowest BCUT2D eigenvalue weighted by atomic mass is 9.84. The van der Waals surface area contributed by atoms with E-state index in [9.17, 15) is 45.3 Å². The highest BCUT2D eigenvalue weighted by Crippen LogP contribution is 2.31. The zero-order valence-electron chi connectivity index (χ0n) is 37.7. The molecule has 0 bridgehead atoms. The van der Waals surface area contributed by atoms with Crippen LogP contribution in [0.25, 0.3) is 0 Å². The molecule has 10 unspecified atom stereocenters. The first kappa shape index (κ1) is 54.7. The first-order chi connectivity index (χ1) is 28.9. The van der Waals surface area contributed by atoms with Crippen LogP contribution in [0.1, 0.15) is 207 Å². The Hall–Kier alpha value is -1.42. The van der Waals surface area contributed by atoms with Crippen LogP contribution in [-0.2, 0) is 28.5 Å². The second kappa shape index (κ2) is 33.1. The number of unbranched alkanes of at least 4 members (excludes halogenated alkanes) is 22. The number of hydrogen-bond donors (Lipinski definition) is 7. The molecular weight excluding hydrogens is 773 g/mol. The van der Waals surface area contributed by atoms with E-state index in [2.05, 4.69) is 20.8 Å². The van der Waals surface area contributed by atoms with Crippen LogP contribution < -0.4 is 0 Å². The molecule has 0 amide bonds. The van der Waals surface area contributed by atoms with E-state index in [1.165, 1.54) is 116 Å². The van der Waals surface area contributed by atoms with Crippen molar-refractivity contribution >= 4 is 11.9 Å². The molecule has 7 N–H and O–H groups in total. The lowest BCUT2D eigenvalue weighted by molar-refractivity contribution is -0.340. The van der Waals surface area contributed by atoms with Gasteiger partial charge in [-0.3, -0.25) is 9.59 Å². The summed E-state index contributed by atoms with van der Waals surface area (Å²) in [6, 6.07) is 0. The minimum Gasteiger partial charge on any atom is -0.463 e. The van der Waals surface area contributed by atoms with Crippen molar-refractivity contribution in [3.05, 3.63) is 0 Å². The van der Waals surface area contributed by atoms with Crippen LogP contribution in [0.15, 0.2) is 0 Å². The Kier molecular flexibility index (Phi) is 30.2. The topological polar surface area (TPSA) is 213 Å². The summed E-state index contributed by atoms with van der Waals surface area (Å²) in [7, 11) is 0. The zero-order chi connectivity index (χ0) is 44.1. The summed E-state index contributed by atoms with van der Waals surface area (Å²) in [4.78, 5) is 25.8. The van der Waals surface area contributed by atoms with Crippen molar-refractivity contribution in [1.82, 2.24) is 0 Å². The van der Waals surface area contributed by atoms with E-state index in [1.54, 1.807) is 0 Å². The molecule has 2 fully saturated rings. The van der Waals surface area contributed by atoms with Gasteiger partial charge in [-0.15, -0.1) is 0 Å². The highest BCUT2D eigenvalue weighted by Gasteiger charge is 2.53. The van der Waals surface area contributed by atoms with Crippen molar-refractivity contribution in [2.24, 2.45) is 5.92 Å². The fraction of sp³-hybridized carbons (Fsp3) is 0.957. The Morgan fingerprint density at radius 3 is 1.30 bits per heavy atom. The van der Waals surface area contributed by atoms with Crippen LogP contribution in [0.4, 0.5) is 0 Å². The lowest BCUT2D eigenvalue weighted by Gasteiger charge is -2.46. The number of carbonyl (C=O) groups excluding carboxylic acids is 2. The van der Waals surface area contributed by atoms with Crippen molar-refractivity contribution in [3.63, 3.8) is 0 Å². The molecule has 0 aromatic carbocycles. The van der Waals surface area contributed by atoms with Gasteiger partial charge in [0.2, 0.25) is 0 Å². The molecule has 2 aliphatic rings. The van der Waals surface area contributed by atoms with Gasteiger partial charge < -0.3 is 54.7 Å². The van der Waals surface area contributed by atoms with Gasteiger partial charge in [-0.1, -0.05) is 181 Å². The molecule has 13 heteroatoms. The first-order valence-electron chi connectivity index (χ1n) is 24.3. The molecular formula is C47H88O13. The van der Waals surface area contributed by atoms with Crippen molar-refractivity contribution in [1.29, 1.82) is 0 Å². The molecule has 1 saturated heterocycles. The van der Waals surface area contributed by atoms with Gasteiger partial charge in [0.1, 0.15) is 61.5 Å². The number of aliphatic hydroxyl groups is 7. The predicted octanol–water partition coefficient (Wildman–Crippen LogP) is 7.08. The Balaban J connectivity index is 1.81. The van der Waals surface area contributed by atoms with E-state index in [4.69, 9.17) is 18.9 Å². The molecule has 1 aliphatic heterocycles. The van der Waals surface area contributed by atoms with Crippen LogP contribution in [-0.4, -0.2) is 122 Å². The third kappa shape index (κ3) is 21.8. The summed E-state index contributed by atoms with van der Waals surface area (Å²) in [5.74, 6) is -0.336. The molecule has 0 aromatic rings. The molecule has 10 atom stereocenters. The van der Waals surface area contributed by atoms with E-state index in [1.807, 2.05) is 0 Å². The van der Waals surface area contributed by atoms with Gasteiger partial charge in [-0.25, -0.2) is 0 Å². The monoisotopic (exact) mass is 861 g/mol. The van der Waals surface area contributed by atoms with E-state index in [-0.39, 0.29) is 12.8 Å². The van der Waals surface area contributed by atoms with Crippen LogP contribution in [0.3, 0.4) is 0 Å². The predicted molar refractivity (Wildman–Crippen MR) is 231 cm³/mol. The third-order valence-corrected chi connectivity index (χ3v) is 12.5. The summed E-state index contributed by atoms with van der Waals surface area (Å²) < 4.78 is 22.6. The molecule has 1 aliphatic carbocycles. The molecule has 1 heterocycles. The average molecular weight is 861 g/mol. The Labute approximate surface area is 362 Å². The summed E-state index contributed by atoms with van der Waals surface area (Å²) >= 11 is 0. The molecule has 0 aromatic heterocycles. The van der Waals surface area contributed by atoms with Crippen LogP contribution in [0.2, 0.25) is 0 Å². The van der Waals surface area contributed by atoms with E-state index >= 15 is 0 Å². The Morgan fingerprint density at radius 2 is 0.833 bits per heavy atom. The van der Waals surface area contributed by atoms with E-state index in [0.717, 1.165) is 50.9 Å². The zero-order valence-corrected chi connectivity index (χ0v) is 37.7. The quantitative estimate of drug-likeness (QED) is 0.0251. The molecule has 0 spiro atoms. The maximum absolute atomic E-state index is 13.0. The number of esters is 2. The van der Waals surface area contributed by atoms with Crippen LogP contribution in [0.5, 0.6) is 0 Å². The second-order valence-electron chi connectivity index (χ2n) is 18.0. The van der Waals surface area contributed by atoms with Gasteiger partial charge >= 0.3 is 11.9 Å². The largest absolute Gasteiger partial charge is 0.463 e. The summed E-state index contributed by atoms with van der Waals surface area (Å²) in [5.41, 5.74) is 0. The smallest absolute Gasteiger partial charge is 0.306 e. The standard InChI is InChI=1S/C47H88O13/c1-4-6-8-10-11-12-13-14-15-16-17-20-23-27-31-36(48)57-33-35-45(43(55)44(56)47(58-35)60-46-41(53)39(51)38(50)40(52)42(46)54)59-37(49)32-28-24-21-18-19-22-26-30-34(3)29-25-9-7-5-2/h34-35,38-47,50-56H,4-33H2,1-3H3. The van der Waals surface area contributed by atoms with Gasteiger partial charge in [0.25, 0.3) is 0 Å². The average Bonchev–Trinajstić information content (AvgIpc) is 3.23. The van der Waals surface area contributed by atoms with Crippen molar-refractivity contribution < 1.29 is 64.3 Å². The normalized spacial score (nSPS) is 28.7. The van der Waals surface area contributed by atoms with Crippen molar-refractivity contribution in [2.45, 2.75) is 274 Å². The minimum atomic E-state index is -1.89. The van der Waals surface area contributed by atoms with Crippen molar-refractivity contribution in [3.8, 4) is 0 Å².